The molecular formula is C14H17N3O3. The van der Waals surface area contributed by atoms with Gasteiger partial charge in [0.05, 0.1) is 12.2 Å². The van der Waals surface area contributed by atoms with Crippen LogP contribution in [0.4, 0.5) is 0 Å². The lowest BCUT2D eigenvalue weighted by molar-refractivity contribution is -0.123. The molecule has 0 saturated carbocycles. The third kappa shape index (κ3) is 3.74. The van der Waals surface area contributed by atoms with E-state index < -0.39 is 0 Å². The Kier molecular flexibility index (Phi) is 4.24. The zero-order valence-electron chi connectivity index (χ0n) is 11.4. The standard InChI is InChI=1S/C14H17N3O3/c1-9-3-4-12(5-10(9)2)20-8-14(19)15-7-11-6-13(18)17-16-11/h3-6H,7-8H2,1-2H3,(H,15,19)(H2,16,17,18). The molecule has 20 heavy (non-hydrogen) atoms. The highest BCUT2D eigenvalue weighted by molar-refractivity contribution is 5.77. The summed E-state index contributed by atoms with van der Waals surface area (Å²) in [7, 11) is 0. The van der Waals surface area contributed by atoms with Gasteiger partial charge in [0.15, 0.2) is 6.61 Å². The first-order valence-electron chi connectivity index (χ1n) is 6.28. The number of rotatable bonds is 5. The van der Waals surface area contributed by atoms with E-state index in [4.69, 9.17) is 4.74 Å². The van der Waals surface area contributed by atoms with Crippen LogP contribution in [0.15, 0.2) is 29.1 Å². The number of benzene rings is 1. The minimum atomic E-state index is -0.245. The van der Waals surface area contributed by atoms with Gasteiger partial charge in [0.25, 0.3) is 11.5 Å². The summed E-state index contributed by atoms with van der Waals surface area (Å²) in [5.74, 6) is 0.420. The molecule has 0 aliphatic heterocycles. The van der Waals surface area contributed by atoms with Crippen molar-refractivity contribution in [3.8, 4) is 5.75 Å². The Bertz CT molecular complexity index is 658. The molecule has 0 fully saturated rings. The number of amides is 1. The minimum Gasteiger partial charge on any atom is -0.484 e. The number of hydrogen-bond acceptors (Lipinski definition) is 3. The average Bonchev–Trinajstić information content (AvgIpc) is 2.83. The largest absolute Gasteiger partial charge is 0.484 e. The summed E-state index contributed by atoms with van der Waals surface area (Å²) in [6.45, 7) is 4.21. The van der Waals surface area contributed by atoms with Crippen LogP contribution in [0.25, 0.3) is 0 Å². The van der Waals surface area contributed by atoms with Crippen LogP contribution in [0.1, 0.15) is 16.8 Å². The average molecular weight is 275 g/mol. The van der Waals surface area contributed by atoms with Crippen molar-refractivity contribution in [1.82, 2.24) is 15.5 Å². The molecular weight excluding hydrogens is 258 g/mol. The van der Waals surface area contributed by atoms with E-state index >= 15 is 0 Å². The zero-order chi connectivity index (χ0) is 14.5. The first kappa shape index (κ1) is 13.9. The predicted octanol–water partition coefficient (Wildman–Crippen LogP) is 1.02. The van der Waals surface area contributed by atoms with E-state index in [0.717, 1.165) is 5.56 Å². The number of aromatic nitrogens is 2. The Balaban J connectivity index is 1.80. The van der Waals surface area contributed by atoms with Crippen molar-refractivity contribution < 1.29 is 9.53 Å². The molecule has 6 nitrogen and oxygen atoms in total. The van der Waals surface area contributed by atoms with E-state index in [0.29, 0.717) is 11.4 Å². The molecule has 0 atom stereocenters. The Morgan fingerprint density at radius 2 is 2.00 bits per heavy atom. The molecule has 1 aromatic carbocycles. The summed E-state index contributed by atoms with van der Waals surface area (Å²) in [6, 6.07) is 7.07. The molecule has 106 valence electrons. The normalized spacial score (nSPS) is 10.3. The Hall–Kier alpha value is -2.50. The minimum absolute atomic E-state index is 0.0584. The van der Waals surface area contributed by atoms with Crippen LogP contribution in [-0.2, 0) is 11.3 Å². The molecule has 0 radical (unpaired) electrons. The molecule has 0 bridgehead atoms. The van der Waals surface area contributed by atoms with Gasteiger partial charge in [-0.3, -0.25) is 14.7 Å². The number of aromatic amines is 2. The van der Waals surface area contributed by atoms with E-state index in [1.54, 1.807) is 0 Å². The lowest BCUT2D eigenvalue weighted by atomic mass is 10.1. The smallest absolute Gasteiger partial charge is 0.264 e. The van der Waals surface area contributed by atoms with E-state index in [9.17, 15) is 9.59 Å². The monoisotopic (exact) mass is 275 g/mol. The number of nitrogens with one attached hydrogen (secondary N) is 3. The van der Waals surface area contributed by atoms with Crippen molar-refractivity contribution in [1.29, 1.82) is 0 Å². The molecule has 0 unspecified atom stereocenters. The summed E-state index contributed by atoms with van der Waals surface area (Å²) >= 11 is 0. The molecule has 0 spiro atoms. The summed E-state index contributed by atoms with van der Waals surface area (Å²) in [4.78, 5) is 22.5. The number of hydrogen-bond donors (Lipinski definition) is 3. The van der Waals surface area contributed by atoms with Crippen LogP contribution in [0.2, 0.25) is 0 Å². The molecule has 6 heteroatoms. The third-order valence-corrected chi connectivity index (χ3v) is 2.98. The highest BCUT2D eigenvalue weighted by atomic mass is 16.5. The fourth-order valence-electron chi connectivity index (χ4n) is 1.66. The summed E-state index contributed by atoms with van der Waals surface area (Å²) < 4.78 is 5.41. The third-order valence-electron chi connectivity index (χ3n) is 2.98. The fraction of sp³-hybridized carbons (Fsp3) is 0.286. The fourth-order valence-corrected chi connectivity index (χ4v) is 1.66. The van der Waals surface area contributed by atoms with Crippen molar-refractivity contribution in [3.05, 3.63) is 51.4 Å². The van der Waals surface area contributed by atoms with Gasteiger partial charge >= 0.3 is 0 Å². The Morgan fingerprint density at radius 3 is 2.65 bits per heavy atom. The van der Waals surface area contributed by atoms with Gasteiger partial charge in [-0.05, 0) is 37.1 Å². The lowest BCUT2D eigenvalue weighted by Crippen LogP contribution is -2.28. The molecule has 1 amide bonds. The highest BCUT2D eigenvalue weighted by Crippen LogP contribution is 2.16. The number of ether oxygens (including phenoxy) is 1. The second kappa shape index (κ2) is 6.10. The predicted molar refractivity (Wildman–Crippen MR) is 74.7 cm³/mol. The number of carbonyl (C=O) groups excluding carboxylic acids is 1. The topological polar surface area (TPSA) is 87.0 Å². The number of carbonyl (C=O) groups is 1. The second-order valence-electron chi connectivity index (χ2n) is 4.60. The molecule has 1 aromatic heterocycles. The number of aryl methyl sites for hydroxylation is 2. The highest BCUT2D eigenvalue weighted by Gasteiger charge is 2.04. The molecule has 0 aliphatic carbocycles. The number of H-pyrrole nitrogens is 2. The molecule has 0 aliphatic rings. The van der Waals surface area contributed by atoms with Crippen LogP contribution in [0, 0.1) is 13.8 Å². The molecule has 1 heterocycles. The first-order valence-corrected chi connectivity index (χ1v) is 6.28. The summed E-state index contributed by atoms with van der Waals surface area (Å²) in [5, 5.41) is 7.71. The van der Waals surface area contributed by atoms with Crippen molar-refractivity contribution in [3.63, 3.8) is 0 Å². The van der Waals surface area contributed by atoms with Crippen molar-refractivity contribution in [2.45, 2.75) is 20.4 Å². The maximum Gasteiger partial charge on any atom is 0.264 e. The Morgan fingerprint density at radius 1 is 1.20 bits per heavy atom. The van der Waals surface area contributed by atoms with E-state index in [-0.39, 0.29) is 24.6 Å². The molecule has 0 saturated heterocycles. The zero-order valence-corrected chi connectivity index (χ0v) is 11.4. The molecule has 3 N–H and O–H groups in total. The van der Waals surface area contributed by atoms with Gasteiger partial charge in [-0.1, -0.05) is 6.07 Å². The van der Waals surface area contributed by atoms with Crippen molar-refractivity contribution in [2.75, 3.05) is 6.61 Å². The second-order valence-corrected chi connectivity index (χ2v) is 4.60. The summed E-state index contributed by atoms with van der Waals surface area (Å²) in [6.07, 6.45) is 0. The van der Waals surface area contributed by atoms with E-state index in [2.05, 4.69) is 15.5 Å². The van der Waals surface area contributed by atoms with E-state index in [1.807, 2.05) is 32.0 Å². The Labute approximate surface area is 116 Å². The van der Waals surface area contributed by atoms with Crippen LogP contribution >= 0.6 is 0 Å². The van der Waals surface area contributed by atoms with Gasteiger partial charge in [-0.15, -0.1) is 0 Å². The van der Waals surface area contributed by atoms with Crippen molar-refractivity contribution in [2.24, 2.45) is 0 Å². The SMILES string of the molecule is Cc1ccc(OCC(=O)NCc2cc(=O)[nH][nH]2)cc1C. The summed E-state index contributed by atoms with van der Waals surface area (Å²) in [5.41, 5.74) is 2.70. The van der Waals surface area contributed by atoms with Crippen molar-refractivity contribution >= 4 is 5.91 Å². The van der Waals surface area contributed by atoms with Gasteiger partial charge in [0.2, 0.25) is 0 Å². The van der Waals surface area contributed by atoms with Crippen LogP contribution in [0.5, 0.6) is 5.75 Å². The van der Waals surface area contributed by atoms with Gasteiger partial charge in [0, 0.05) is 6.07 Å². The quantitative estimate of drug-likeness (QED) is 0.761. The van der Waals surface area contributed by atoms with Gasteiger partial charge in [0.1, 0.15) is 5.75 Å². The molecule has 2 aromatic rings. The van der Waals surface area contributed by atoms with Gasteiger partial charge in [-0.25, -0.2) is 0 Å². The van der Waals surface area contributed by atoms with Crippen LogP contribution in [0.3, 0.4) is 0 Å². The maximum absolute atomic E-state index is 11.6. The van der Waals surface area contributed by atoms with Crippen LogP contribution < -0.4 is 15.6 Å². The molecule has 2 rings (SSSR count). The lowest BCUT2D eigenvalue weighted by Gasteiger charge is -2.08. The van der Waals surface area contributed by atoms with Gasteiger partial charge in [-0.2, -0.15) is 0 Å². The van der Waals surface area contributed by atoms with Crippen LogP contribution in [-0.4, -0.2) is 22.7 Å². The van der Waals surface area contributed by atoms with Gasteiger partial charge < -0.3 is 15.2 Å². The van der Waals surface area contributed by atoms with E-state index in [1.165, 1.54) is 11.6 Å². The first-order chi connectivity index (χ1) is 9.54. The maximum atomic E-state index is 11.6.